The average molecular weight is 280 g/mol. The summed E-state index contributed by atoms with van der Waals surface area (Å²) in [6.45, 7) is 5.55. The van der Waals surface area contributed by atoms with E-state index in [9.17, 15) is 0 Å². The number of nitrogens with zero attached hydrogens (tertiary/aromatic N) is 3. The van der Waals surface area contributed by atoms with Crippen molar-refractivity contribution >= 4 is 16.5 Å². The first-order chi connectivity index (χ1) is 9.36. The van der Waals surface area contributed by atoms with Gasteiger partial charge in [0.15, 0.2) is 5.13 Å². The summed E-state index contributed by atoms with van der Waals surface area (Å²) < 4.78 is 0. The number of likely N-dealkylation sites (tertiary alicyclic amines) is 1. The van der Waals surface area contributed by atoms with Gasteiger partial charge in [-0.2, -0.15) is 0 Å². The molecule has 2 aliphatic heterocycles. The van der Waals surface area contributed by atoms with Crippen LogP contribution in [0.1, 0.15) is 37.0 Å². The Kier molecular flexibility index (Phi) is 4.35. The van der Waals surface area contributed by atoms with Crippen molar-refractivity contribution in [2.24, 2.45) is 5.73 Å². The molecule has 0 aliphatic carbocycles. The molecule has 3 rings (SSSR count). The van der Waals surface area contributed by atoms with E-state index in [0.29, 0.717) is 6.54 Å². The SMILES string of the molecule is NCc1cnc(N2CCC(N3CCCCC3)CC2)s1. The largest absolute Gasteiger partial charge is 0.348 e. The summed E-state index contributed by atoms with van der Waals surface area (Å²) in [6, 6.07) is 0.811. The molecule has 0 atom stereocenters. The fraction of sp³-hybridized carbons (Fsp3) is 0.786. The lowest BCUT2D eigenvalue weighted by Crippen LogP contribution is -2.46. The standard InChI is InChI=1S/C14H24N4S/c15-10-13-11-16-14(19-13)18-8-4-12(5-9-18)17-6-2-1-3-7-17/h11-12H,1-10,15H2. The Morgan fingerprint density at radius 1 is 1.16 bits per heavy atom. The van der Waals surface area contributed by atoms with E-state index in [2.05, 4.69) is 14.8 Å². The maximum absolute atomic E-state index is 5.66. The second-order valence-electron chi connectivity index (χ2n) is 5.63. The third-order valence-corrected chi connectivity index (χ3v) is 5.47. The summed E-state index contributed by atoms with van der Waals surface area (Å²) in [5, 5.41) is 1.16. The van der Waals surface area contributed by atoms with Gasteiger partial charge in [0.05, 0.1) is 0 Å². The Morgan fingerprint density at radius 2 is 1.89 bits per heavy atom. The lowest BCUT2D eigenvalue weighted by atomic mass is 10.0. The molecule has 4 nitrogen and oxygen atoms in total. The van der Waals surface area contributed by atoms with Crippen LogP contribution in [0.2, 0.25) is 0 Å². The van der Waals surface area contributed by atoms with E-state index < -0.39 is 0 Å². The van der Waals surface area contributed by atoms with Gasteiger partial charge in [0, 0.05) is 36.8 Å². The molecule has 0 spiro atoms. The average Bonchev–Trinajstić information content (AvgIpc) is 2.97. The number of hydrogen-bond donors (Lipinski definition) is 1. The van der Waals surface area contributed by atoms with Crippen molar-refractivity contribution in [3.05, 3.63) is 11.1 Å². The third-order valence-electron chi connectivity index (χ3n) is 4.38. The number of hydrogen-bond acceptors (Lipinski definition) is 5. The Hall–Kier alpha value is -0.650. The van der Waals surface area contributed by atoms with Gasteiger partial charge >= 0.3 is 0 Å². The molecule has 0 bridgehead atoms. The van der Waals surface area contributed by atoms with Crippen molar-refractivity contribution in [3.63, 3.8) is 0 Å². The minimum Gasteiger partial charge on any atom is -0.348 e. The summed E-state index contributed by atoms with van der Waals surface area (Å²) in [5.74, 6) is 0. The predicted molar refractivity (Wildman–Crippen MR) is 80.7 cm³/mol. The van der Waals surface area contributed by atoms with Gasteiger partial charge in [-0.3, -0.25) is 0 Å². The van der Waals surface area contributed by atoms with Crippen LogP contribution in [0.4, 0.5) is 5.13 Å². The molecule has 2 aliphatic rings. The fourth-order valence-corrected chi connectivity index (χ4v) is 4.08. The molecule has 0 amide bonds. The van der Waals surface area contributed by atoms with E-state index in [-0.39, 0.29) is 0 Å². The van der Waals surface area contributed by atoms with Crippen LogP contribution in [0.25, 0.3) is 0 Å². The highest BCUT2D eigenvalue weighted by atomic mass is 32.1. The summed E-state index contributed by atoms with van der Waals surface area (Å²) in [4.78, 5) is 10.8. The van der Waals surface area contributed by atoms with Crippen molar-refractivity contribution in [2.75, 3.05) is 31.1 Å². The molecular weight excluding hydrogens is 256 g/mol. The number of anilines is 1. The maximum atomic E-state index is 5.66. The van der Waals surface area contributed by atoms with Crippen LogP contribution in [-0.4, -0.2) is 42.1 Å². The van der Waals surface area contributed by atoms with Crippen molar-refractivity contribution in [2.45, 2.75) is 44.7 Å². The van der Waals surface area contributed by atoms with E-state index in [0.717, 1.165) is 24.3 Å². The van der Waals surface area contributed by atoms with Gasteiger partial charge in [0.1, 0.15) is 0 Å². The van der Waals surface area contributed by atoms with Crippen LogP contribution in [0, 0.1) is 0 Å². The zero-order valence-electron chi connectivity index (χ0n) is 11.6. The van der Waals surface area contributed by atoms with Gasteiger partial charge in [-0.15, -0.1) is 11.3 Å². The monoisotopic (exact) mass is 280 g/mol. The van der Waals surface area contributed by atoms with Crippen molar-refractivity contribution < 1.29 is 0 Å². The van der Waals surface area contributed by atoms with Crippen LogP contribution in [-0.2, 0) is 6.54 Å². The molecule has 0 saturated carbocycles. The first-order valence-electron chi connectivity index (χ1n) is 7.50. The van der Waals surface area contributed by atoms with Crippen molar-refractivity contribution in [1.82, 2.24) is 9.88 Å². The molecule has 19 heavy (non-hydrogen) atoms. The Labute approximate surface area is 119 Å². The lowest BCUT2D eigenvalue weighted by molar-refractivity contribution is 0.141. The minimum absolute atomic E-state index is 0.613. The smallest absolute Gasteiger partial charge is 0.185 e. The quantitative estimate of drug-likeness (QED) is 0.920. The molecule has 5 heteroatoms. The van der Waals surface area contributed by atoms with Crippen LogP contribution in [0.3, 0.4) is 0 Å². The zero-order chi connectivity index (χ0) is 13.1. The van der Waals surface area contributed by atoms with E-state index in [1.807, 2.05) is 6.20 Å². The van der Waals surface area contributed by atoms with Gasteiger partial charge in [0.2, 0.25) is 0 Å². The molecule has 2 fully saturated rings. The van der Waals surface area contributed by atoms with Crippen LogP contribution < -0.4 is 10.6 Å². The van der Waals surface area contributed by atoms with Gasteiger partial charge < -0.3 is 15.5 Å². The first-order valence-corrected chi connectivity index (χ1v) is 8.32. The first kappa shape index (κ1) is 13.3. The second kappa shape index (κ2) is 6.20. The van der Waals surface area contributed by atoms with Crippen molar-refractivity contribution in [1.29, 1.82) is 0 Å². The van der Waals surface area contributed by atoms with E-state index >= 15 is 0 Å². The molecule has 0 radical (unpaired) electrons. The molecule has 0 unspecified atom stereocenters. The molecule has 106 valence electrons. The Morgan fingerprint density at radius 3 is 2.53 bits per heavy atom. The predicted octanol–water partition coefficient (Wildman–Crippen LogP) is 2.06. The molecule has 2 N–H and O–H groups in total. The third kappa shape index (κ3) is 3.09. The number of piperidine rings is 2. The number of rotatable bonds is 3. The second-order valence-corrected chi connectivity index (χ2v) is 6.72. The summed E-state index contributed by atoms with van der Waals surface area (Å²) in [7, 11) is 0. The van der Waals surface area contributed by atoms with Crippen LogP contribution >= 0.6 is 11.3 Å². The normalized spacial score (nSPS) is 22.9. The highest BCUT2D eigenvalue weighted by Crippen LogP contribution is 2.27. The molecule has 2 saturated heterocycles. The van der Waals surface area contributed by atoms with E-state index in [4.69, 9.17) is 5.73 Å². The zero-order valence-corrected chi connectivity index (χ0v) is 12.4. The van der Waals surface area contributed by atoms with Crippen LogP contribution in [0.5, 0.6) is 0 Å². The van der Waals surface area contributed by atoms with Gasteiger partial charge in [-0.25, -0.2) is 4.98 Å². The molecule has 1 aromatic heterocycles. The van der Waals surface area contributed by atoms with Gasteiger partial charge in [-0.1, -0.05) is 6.42 Å². The topological polar surface area (TPSA) is 45.4 Å². The van der Waals surface area contributed by atoms with Crippen molar-refractivity contribution in [3.8, 4) is 0 Å². The Balaban J connectivity index is 1.53. The minimum atomic E-state index is 0.613. The van der Waals surface area contributed by atoms with Gasteiger partial charge in [0.25, 0.3) is 0 Å². The summed E-state index contributed by atoms with van der Waals surface area (Å²) >= 11 is 1.75. The lowest BCUT2D eigenvalue weighted by Gasteiger charge is -2.40. The Bertz CT molecular complexity index is 392. The number of thiazole rings is 1. The molecule has 0 aromatic carbocycles. The van der Waals surface area contributed by atoms with Gasteiger partial charge in [-0.05, 0) is 38.8 Å². The maximum Gasteiger partial charge on any atom is 0.185 e. The number of aromatic nitrogens is 1. The molecule has 3 heterocycles. The van der Waals surface area contributed by atoms with Crippen LogP contribution in [0.15, 0.2) is 6.20 Å². The molecular formula is C14H24N4S. The summed E-state index contributed by atoms with van der Waals surface area (Å²) in [5.41, 5.74) is 5.66. The fourth-order valence-electron chi connectivity index (χ4n) is 3.24. The van der Waals surface area contributed by atoms with E-state index in [1.54, 1.807) is 11.3 Å². The summed E-state index contributed by atoms with van der Waals surface area (Å²) in [6.07, 6.45) is 8.72. The molecule has 1 aromatic rings. The van der Waals surface area contributed by atoms with E-state index in [1.165, 1.54) is 50.1 Å². The number of nitrogens with two attached hydrogens (primary N) is 1. The highest BCUT2D eigenvalue weighted by molar-refractivity contribution is 7.15. The highest BCUT2D eigenvalue weighted by Gasteiger charge is 2.26.